The first-order chi connectivity index (χ1) is 12.4. The minimum Gasteiger partial charge on any atom is -0.491 e. The molecule has 2 heterocycles. The smallest absolute Gasteiger partial charge is 0.148 e. The van der Waals surface area contributed by atoms with Crippen molar-refractivity contribution in [2.45, 2.75) is 39.4 Å². The number of aromatic amines is 2. The molecule has 0 saturated heterocycles. The van der Waals surface area contributed by atoms with E-state index < -0.39 is 5.60 Å². The van der Waals surface area contributed by atoms with Crippen LogP contribution >= 0.6 is 0 Å². The van der Waals surface area contributed by atoms with Crippen molar-refractivity contribution in [1.82, 2.24) is 15.0 Å². The van der Waals surface area contributed by atoms with Crippen molar-refractivity contribution < 1.29 is 9.84 Å². The van der Waals surface area contributed by atoms with E-state index >= 15 is 0 Å². The van der Waals surface area contributed by atoms with Gasteiger partial charge < -0.3 is 19.8 Å². The van der Waals surface area contributed by atoms with Gasteiger partial charge in [0.25, 0.3) is 0 Å². The van der Waals surface area contributed by atoms with Crippen molar-refractivity contribution in [1.29, 1.82) is 0 Å². The van der Waals surface area contributed by atoms with E-state index in [4.69, 9.17) is 4.74 Å². The largest absolute Gasteiger partial charge is 0.491 e. The topological polar surface area (TPSA) is 73.9 Å². The van der Waals surface area contributed by atoms with Crippen LogP contribution in [0.3, 0.4) is 0 Å². The van der Waals surface area contributed by atoms with Crippen molar-refractivity contribution in [3.8, 4) is 5.75 Å². The normalized spacial score (nSPS) is 14.2. The Morgan fingerprint density at radius 3 is 2.69 bits per heavy atom. The van der Waals surface area contributed by atoms with E-state index in [1.807, 2.05) is 63.4 Å². The molecule has 1 atom stereocenters. The van der Waals surface area contributed by atoms with Gasteiger partial charge in [-0.2, -0.15) is 0 Å². The Morgan fingerprint density at radius 2 is 1.96 bits per heavy atom. The lowest BCUT2D eigenvalue weighted by molar-refractivity contribution is 0.0892. The molecule has 3 N–H and O–H groups in total. The van der Waals surface area contributed by atoms with Crippen LogP contribution in [0.2, 0.25) is 0 Å². The predicted octanol–water partition coefficient (Wildman–Crippen LogP) is 4.40. The Morgan fingerprint density at radius 1 is 1.19 bits per heavy atom. The van der Waals surface area contributed by atoms with Gasteiger partial charge in [-0.3, -0.25) is 0 Å². The summed E-state index contributed by atoms with van der Waals surface area (Å²) in [6, 6.07) is 11.7. The first-order valence-electron chi connectivity index (χ1n) is 8.83. The maximum absolute atomic E-state index is 11.6. The van der Waals surface area contributed by atoms with Gasteiger partial charge in [0.15, 0.2) is 0 Å². The molecule has 5 nitrogen and oxygen atoms in total. The van der Waals surface area contributed by atoms with Gasteiger partial charge in [-0.05, 0) is 57.5 Å². The van der Waals surface area contributed by atoms with Crippen molar-refractivity contribution in [2.75, 3.05) is 0 Å². The van der Waals surface area contributed by atoms with E-state index in [1.165, 1.54) is 0 Å². The highest BCUT2D eigenvalue weighted by molar-refractivity contribution is 5.89. The van der Waals surface area contributed by atoms with E-state index in [-0.39, 0.29) is 6.10 Å². The molecular weight excluding hydrogens is 326 g/mol. The zero-order valence-electron chi connectivity index (χ0n) is 15.4. The minimum absolute atomic E-state index is 0.00369. The molecule has 4 rings (SSSR count). The number of imidazole rings is 1. The maximum atomic E-state index is 11.6. The van der Waals surface area contributed by atoms with Gasteiger partial charge in [0, 0.05) is 22.7 Å². The van der Waals surface area contributed by atoms with Crippen LogP contribution in [0.25, 0.3) is 21.9 Å². The second-order valence-corrected chi connectivity index (χ2v) is 7.17. The van der Waals surface area contributed by atoms with Crippen LogP contribution in [0.5, 0.6) is 5.75 Å². The quantitative estimate of drug-likeness (QED) is 0.511. The van der Waals surface area contributed by atoms with Gasteiger partial charge in [-0.15, -0.1) is 0 Å². The van der Waals surface area contributed by atoms with Crippen LogP contribution in [-0.4, -0.2) is 26.2 Å². The lowest BCUT2D eigenvalue weighted by atomic mass is 9.90. The van der Waals surface area contributed by atoms with Crippen molar-refractivity contribution in [3.63, 3.8) is 0 Å². The minimum atomic E-state index is -1.34. The van der Waals surface area contributed by atoms with E-state index in [2.05, 4.69) is 15.0 Å². The maximum Gasteiger partial charge on any atom is 0.148 e. The molecule has 2 aromatic heterocycles. The molecule has 1 unspecified atom stereocenters. The van der Waals surface area contributed by atoms with Gasteiger partial charge in [-0.25, -0.2) is 4.98 Å². The fraction of sp³-hybridized carbons (Fsp3) is 0.286. The molecule has 5 heteroatoms. The summed E-state index contributed by atoms with van der Waals surface area (Å²) >= 11 is 0. The van der Waals surface area contributed by atoms with Gasteiger partial charge in [0.05, 0.1) is 17.1 Å². The molecule has 0 fully saturated rings. The molecular formula is C21H23N3O2. The summed E-state index contributed by atoms with van der Waals surface area (Å²) in [7, 11) is 0. The second-order valence-electron chi connectivity index (χ2n) is 7.17. The van der Waals surface area contributed by atoms with Gasteiger partial charge in [0.2, 0.25) is 0 Å². The first kappa shape index (κ1) is 16.7. The highest BCUT2D eigenvalue weighted by Gasteiger charge is 2.35. The van der Waals surface area contributed by atoms with Crippen LogP contribution in [0.4, 0.5) is 0 Å². The van der Waals surface area contributed by atoms with Gasteiger partial charge >= 0.3 is 0 Å². The molecule has 0 amide bonds. The molecule has 0 aliphatic carbocycles. The molecule has 0 saturated carbocycles. The fourth-order valence-corrected chi connectivity index (χ4v) is 3.53. The van der Waals surface area contributed by atoms with Crippen LogP contribution in [0, 0.1) is 6.92 Å². The molecule has 0 bridgehead atoms. The number of hydrogen-bond acceptors (Lipinski definition) is 3. The number of aromatic nitrogens is 3. The standard InChI is InChI=1S/C21H23N3O2/c1-12(2)26-17-11-13(3)19-14(9-10-22-19)18(17)21(4,25)20-23-15-7-5-6-8-16(15)24-20/h5-12,22,25H,1-4H3,(H,23,24). The third kappa shape index (κ3) is 2.56. The molecule has 2 aromatic carbocycles. The van der Waals surface area contributed by atoms with Crippen LogP contribution in [-0.2, 0) is 5.60 Å². The van der Waals surface area contributed by atoms with Crippen molar-refractivity contribution in [3.05, 3.63) is 59.5 Å². The summed E-state index contributed by atoms with van der Waals surface area (Å²) in [4.78, 5) is 11.1. The summed E-state index contributed by atoms with van der Waals surface area (Å²) in [5.74, 6) is 1.17. The van der Waals surface area contributed by atoms with Crippen molar-refractivity contribution >= 4 is 21.9 Å². The number of aryl methyl sites for hydroxylation is 1. The molecule has 134 valence electrons. The molecule has 26 heavy (non-hydrogen) atoms. The monoisotopic (exact) mass is 349 g/mol. The molecule has 0 aliphatic heterocycles. The Kier molecular flexibility index (Phi) is 3.77. The number of benzene rings is 2. The summed E-state index contributed by atoms with van der Waals surface area (Å²) in [5.41, 5.74) is 3.17. The van der Waals surface area contributed by atoms with E-state index in [9.17, 15) is 5.11 Å². The highest BCUT2D eigenvalue weighted by Crippen LogP contribution is 2.41. The van der Waals surface area contributed by atoms with Crippen LogP contribution in [0.15, 0.2) is 42.6 Å². The average Bonchev–Trinajstić information content (AvgIpc) is 3.21. The number of nitrogens with zero attached hydrogens (tertiary/aromatic N) is 1. The third-order valence-electron chi connectivity index (χ3n) is 4.70. The Labute approximate surface area is 152 Å². The fourth-order valence-electron chi connectivity index (χ4n) is 3.53. The number of aliphatic hydroxyl groups is 1. The predicted molar refractivity (Wildman–Crippen MR) is 104 cm³/mol. The van der Waals surface area contributed by atoms with E-state index in [1.54, 1.807) is 6.92 Å². The molecule has 0 radical (unpaired) electrons. The zero-order valence-corrected chi connectivity index (χ0v) is 15.4. The summed E-state index contributed by atoms with van der Waals surface area (Å²) in [5, 5.41) is 12.5. The lowest BCUT2D eigenvalue weighted by Gasteiger charge is -2.27. The number of para-hydroxylation sites is 2. The summed E-state index contributed by atoms with van der Waals surface area (Å²) in [6.45, 7) is 7.76. The molecule has 0 spiro atoms. The van der Waals surface area contributed by atoms with Gasteiger partial charge in [0.1, 0.15) is 17.2 Å². The summed E-state index contributed by atoms with van der Waals surface area (Å²) < 4.78 is 6.07. The zero-order chi connectivity index (χ0) is 18.5. The summed E-state index contributed by atoms with van der Waals surface area (Å²) in [6.07, 6.45) is 1.88. The number of hydrogen-bond donors (Lipinski definition) is 3. The Balaban J connectivity index is 1.98. The first-order valence-corrected chi connectivity index (χ1v) is 8.83. The van der Waals surface area contributed by atoms with Gasteiger partial charge in [-0.1, -0.05) is 12.1 Å². The number of rotatable bonds is 4. The lowest BCUT2D eigenvalue weighted by Crippen LogP contribution is -2.26. The number of ether oxygens (including phenoxy) is 1. The number of H-pyrrole nitrogens is 2. The highest BCUT2D eigenvalue weighted by atomic mass is 16.5. The van der Waals surface area contributed by atoms with E-state index in [0.717, 1.165) is 27.5 Å². The molecule has 4 aromatic rings. The Bertz CT molecular complexity index is 1060. The van der Waals surface area contributed by atoms with Crippen molar-refractivity contribution in [2.24, 2.45) is 0 Å². The second kappa shape index (κ2) is 5.88. The van der Waals surface area contributed by atoms with Crippen LogP contribution in [0.1, 0.15) is 37.7 Å². The number of nitrogens with one attached hydrogen (secondary N) is 2. The van der Waals surface area contributed by atoms with Crippen LogP contribution < -0.4 is 4.74 Å². The third-order valence-corrected chi connectivity index (χ3v) is 4.70. The molecule has 0 aliphatic rings. The number of fused-ring (bicyclic) bond motifs is 2. The average molecular weight is 349 g/mol. The SMILES string of the molecule is Cc1cc(OC(C)C)c(C(C)(O)c2nc3ccccc3[nH]2)c2cc[nH]c12. The Hall–Kier alpha value is -2.79. The van der Waals surface area contributed by atoms with E-state index in [0.29, 0.717) is 17.1 Å².